The normalized spacial score (nSPS) is 23.4. The standard InChI is InChI=1S/C6Br2ClF8N/c7-2(10,1-18)5(13,14)3(8,11)4(9,12)6(15,16)17/t2-,3-,4-/m1/s1. The Hall–Kier alpha value is 0.180. The summed E-state index contributed by atoms with van der Waals surface area (Å²) < 4.78 is 91.5. The molecule has 12 heteroatoms. The Kier molecular flexibility index (Phi) is 4.67. The van der Waals surface area contributed by atoms with E-state index in [0.717, 1.165) is 15.9 Å². The monoisotopic (exact) mass is 431 g/mol. The Labute approximate surface area is 116 Å². The molecular weight excluding hydrogens is 433 g/mol. The van der Waals surface area contributed by atoms with Gasteiger partial charge >= 0.3 is 21.8 Å². The highest BCUT2D eigenvalue weighted by Crippen LogP contribution is 2.61. The molecule has 0 aromatic carbocycles. The summed E-state index contributed by atoms with van der Waals surface area (Å²) in [6.45, 7) is 0. The Morgan fingerprint density at radius 3 is 1.44 bits per heavy atom. The number of rotatable bonds is 3. The second kappa shape index (κ2) is 4.63. The lowest BCUT2D eigenvalue weighted by Gasteiger charge is -2.38. The molecule has 3 atom stereocenters. The van der Waals surface area contributed by atoms with Crippen LogP contribution in [0.5, 0.6) is 0 Å². The maximum Gasteiger partial charge on any atom is 0.441 e. The summed E-state index contributed by atoms with van der Waals surface area (Å²) in [5.41, 5.74) is 0. The van der Waals surface area contributed by atoms with E-state index >= 15 is 0 Å². The lowest BCUT2D eigenvalue weighted by atomic mass is 10.0. The van der Waals surface area contributed by atoms with Crippen LogP contribution in [0, 0.1) is 11.3 Å². The highest BCUT2D eigenvalue weighted by atomic mass is 79.9. The van der Waals surface area contributed by atoms with Crippen molar-refractivity contribution in [2.24, 2.45) is 0 Å². The van der Waals surface area contributed by atoms with Crippen LogP contribution >= 0.6 is 43.5 Å². The molecule has 0 unspecified atom stereocenters. The van der Waals surface area contributed by atoms with Gasteiger partial charge in [0.15, 0.2) is 0 Å². The topological polar surface area (TPSA) is 23.8 Å². The van der Waals surface area contributed by atoms with Crippen LogP contribution in [-0.2, 0) is 0 Å². The van der Waals surface area contributed by atoms with Crippen LogP contribution in [0.2, 0.25) is 0 Å². The second-order valence-electron chi connectivity index (χ2n) is 2.91. The first-order valence-electron chi connectivity index (χ1n) is 3.55. The van der Waals surface area contributed by atoms with E-state index in [2.05, 4.69) is 11.6 Å². The molecule has 0 fully saturated rings. The zero-order valence-electron chi connectivity index (χ0n) is 7.60. The van der Waals surface area contributed by atoms with Crippen molar-refractivity contribution in [1.29, 1.82) is 5.26 Å². The van der Waals surface area contributed by atoms with Gasteiger partial charge in [0.25, 0.3) is 4.58 Å². The van der Waals surface area contributed by atoms with Crippen LogP contribution in [0.3, 0.4) is 0 Å². The van der Waals surface area contributed by atoms with Crippen molar-refractivity contribution in [2.75, 3.05) is 0 Å². The lowest BCUT2D eigenvalue weighted by molar-refractivity contribution is -0.261. The van der Waals surface area contributed by atoms with Crippen LogP contribution < -0.4 is 0 Å². The average Bonchev–Trinajstić information content (AvgIpc) is 2.15. The third-order valence-corrected chi connectivity index (χ3v) is 4.10. The number of hydrogen-bond acceptors (Lipinski definition) is 1. The van der Waals surface area contributed by atoms with E-state index in [9.17, 15) is 35.1 Å². The molecule has 0 N–H and O–H groups in total. The first kappa shape index (κ1) is 18.2. The molecular formula is C6Br2ClF8N. The van der Waals surface area contributed by atoms with E-state index in [1.165, 1.54) is 15.9 Å². The predicted molar refractivity (Wildman–Crippen MR) is 51.8 cm³/mol. The molecule has 0 spiro atoms. The third-order valence-electron chi connectivity index (χ3n) is 1.68. The van der Waals surface area contributed by atoms with E-state index in [4.69, 9.17) is 5.26 Å². The van der Waals surface area contributed by atoms with Gasteiger partial charge in [0, 0.05) is 0 Å². The molecule has 1 nitrogen and oxygen atoms in total. The predicted octanol–water partition coefficient (Wildman–Crippen LogP) is 4.73. The molecule has 0 saturated heterocycles. The van der Waals surface area contributed by atoms with Crippen molar-refractivity contribution in [3.05, 3.63) is 0 Å². The quantitative estimate of drug-likeness (QED) is 0.466. The number of nitrogens with zero attached hydrogens (tertiary/aromatic N) is 1. The summed E-state index contributed by atoms with van der Waals surface area (Å²) >= 11 is 6.49. The van der Waals surface area contributed by atoms with Crippen LogP contribution in [0.15, 0.2) is 0 Å². The van der Waals surface area contributed by atoms with E-state index < -0.39 is 26.4 Å². The minimum Gasteiger partial charge on any atom is -0.219 e. The van der Waals surface area contributed by atoms with Crippen molar-refractivity contribution in [3.63, 3.8) is 0 Å². The van der Waals surface area contributed by atoms with E-state index in [-0.39, 0.29) is 6.07 Å². The fourth-order valence-corrected chi connectivity index (χ4v) is 1.80. The molecule has 0 saturated carbocycles. The van der Waals surface area contributed by atoms with Gasteiger partial charge in [-0.1, -0.05) is 11.6 Å². The highest BCUT2D eigenvalue weighted by molar-refractivity contribution is 9.10. The van der Waals surface area contributed by atoms with Gasteiger partial charge in [0.1, 0.15) is 6.07 Å². The molecule has 0 aliphatic carbocycles. The Morgan fingerprint density at radius 1 is 0.889 bits per heavy atom. The Bertz CT molecular complexity index is 371. The summed E-state index contributed by atoms with van der Waals surface area (Å²) in [5, 5.41) is 2.30. The molecule has 0 aliphatic heterocycles. The van der Waals surface area contributed by atoms with Crippen molar-refractivity contribution < 1.29 is 35.1 Å². The second-order valence-corrected chi connectivity index (χ2v) is 5.61. The third kappa shape index (κ3) is 2.43. The molecule has 0 aromatic rings. The van der Waals surface area contributed by atoms with Gasteiger partial charge in [-0.15, -0.1) is 0 Å². The first-order chi connectivity index (χ1) is 7.56. The van der Waals surface area contributed by atoms with Crippen LogP contribution in [0.1, 0.15) is 0 Å². The summed E-state index contributed by atoms with van der Waals surface area (Å²) in [4.78, 5) is 0. The lowest BCUT2D eigenvalue weighted by Crippen LogP contribution is -2.64. The van der Waals surface area contributed by atoms with E-state index in [0.29, 0.717) is 0 Å². The number of nitriles is 1. The highest BCUT2D eigenvalue weighted by Gasteiger charge is 2.82. The smallest absolute Gasteiger partial charge is 0.219 e. The molecule has 0 rings (SSSR count). The molecule has 0 aromatic heterocycles. The maximum absolute atomic E-state index is 13.3. The molecule has 0 aliphatic rings. The Balaban J connectivity index is 5.90. The summed E-state index contributed by atoms with van der Waals surface area (Å²) in [6.07, 6.45) is -6.30. The molecule has 106 valence electrons. The van der Waals surface area contributed by atoms with Crippen molar-refractivity contribution in [1.82, 2.24) is 0 Å². The van der Waals surface area contributed by atoms with Gasteiger partial charge in [0.05, 0.1) is 0 Å². The van der Waals surface area contributed by atoms with Gasteiger partial charge in [-0.3, -0.25) is 0 Å². The minimum atomic E-state index is -6.30. The van der Waals surface area contributed by atoms with Gasteiger partial charge in [0.2, 0.25) is 0 Å². The van der Waals surface area contributed by atoms with Crippen LogP contribution in [0.4, 0.5) is 35.1 Å². The van der Waals surface area contributed by atoms with Crippen molar-refractivity contribution in [3.8, 4) is 6.07 Å². The van der Waals surface area contributed by atoms with Gasteiger partial charge < -0.3 is 0 Å². The maximum atomic E-state index is 13.3. The largest absolute Gasteiger partial charge is 0.441 e. The van der Waals surface area contributed by atoms with E-state index in [1.54, 1.807) is 0 Å². The summed E-state index contributed by atoms with van der Waals surface area (Å²) in [6, 6.07) is 0.149. The molecule has 0 radical (unpaired) electrons. The summed E-state index contributed by atoms with van der Waals surface area (Å²) in [7, 11) is 0. The SMILES string of the molecule is N#C[C@](F)(Br)C(F)(F)[C@@](F)(Br)[C@](F)(Cl)C(F)(F)F. The van der Waals surface area contributed by atoms with Crippen molar-refractivity contribution >= 4 is 43.5 Å². The first-order valence-corrected chi connectivity index (χ1v) is 5.52. The van der Waals surface area contributed by atoms with Gasteiger partial charge in [-0.05, 0) is 31.9 Å². The van der Waals surface area contributed by atoms with Crippen LogP contribution in [0.25, 0.3) is 0 Å². The van der Waals surface area contributed by atoms with Crippen molar-refractivity contribution in [2.45, 2.75) is 26.4 Å². The average molecular weight is 433 g/mol. The Morgan fingerprint density at radius 2 is 1.22 bits per heavy atom. The molecule has 0 amide bonds. The van der Waals surface area contributed by atoms with E-state index in [1.807, 2.05) is 0 Å². The minimum absolute atomic E-state index is 0.149. The number of alkyl halides is 11. The van der Waals surface area contributed by atoms with Gasteiger partial charge in [-0.25, -0.2) is 13.2 Å². The fourth-order valence-electron chi connectivity index (χ4n) is 0.643. The molecule has 0 heterocycles. The fraction of sp³-hybridized carbons (Fsp3) is 0.833. The zero-order chi connectivity index (χ0) is 15.2. The number of halogens is 11. The van der Waals surface area contributed by atoms with Crippen LogP contribution in [-0.4, -0.2) is 26.4 Å². The van der Waals surface area contributed by atoms with Gasteiger partial charge in [-0.2, -0.15) is 27.2 Å². The number of hydrogen-bond donors (Lipinski definition) is 0. The molecule has 0 bridgehead atoms. The zero-order valence-corrected chi connectivity index (χ0v) is 11.5. The summed E-state index contributed by atoms with van der Waals surface area (Å²) in [5.74, 6) is -5.80. The molecule has 18 heavy (non-hydrogen) atoms.